The maximum absolute atomic E-state index is 12.4. The van der Waals surface area contributed by atoms with Gasteiger partial charge in [0.2, 0.25) is 0 Å². The van der Waals surface area contributed by atoms with Gasteiger partial charge < -0.3 is 5.73 Å². The molecule has 5 heteroatoms. The molecule has 0 amide bonds. The smallest absolute Gasteiger partial charge is 0.256 e. The molecule has 2 N–H and O–H groups in total. The first-order chi connectivity index (χ1) is 5.93. The number of hydrogen-bond acceptors (Lipinski definition) is 2. The number of aromatic nitrogens is 2. The van der Waals surface area contributed by atoms with Gasteiger partial charge in [-0.1, -0.05) is 0 Å². The van der Waals surface area contributed by atoms with Crippen LogP contribution < -0.4 is 5.73 Å². The molecule has 0 fully saturated rings. The number of nitrogens with two attached hydrogens (primary N) is 1. The molecule has 1 unspecified atom stereocenters. The predicted octanol–water partition coefficient (Wildman–Crippen LogP) is 0.945. The van der Waals surface area contributed by atoms with Crippen molar-refractivity contribution in [3.8, 4) is 0 Å². The maximum Gasteiger partial charge on any atom is 0.256 e. The van der Waals surface area contributed by atoms with Crippen molar-refractivity contribution in [2.75, 3.05) is 0 Å². The fourth-order valence-corrected chi connectivity index (χ4v) is 1.04. The monoisotopic (exact) mass is 189 g/mol. The van der Waals surface area contributed by atoms with Crippen molar-refractivity contribution in [1.29, 1.82) is 0 Å². The van der Waals surface area contributed by atoms with Crippen LogP contribution in [0.1, 0.15) is 12.6 Å². The molecule has 0 spiro atoms. The lowest BCUT2D eigenvalue weighted by molar-refractivity contribution is 0.0629. The van der Waals surface area contributed by atoms with Crippen LogP contribution in [-0.4, -0.2) is 21.7 Å². The highest BCUT2D eigenvalue weighted by molar-refractivity contribution is 5.06. The van der Waals surface area contributed by atoms with Gasteiger partial charge in [0.15, 0.2) is 0 Å². The Morgan fingerprint density at radius 2 is 2.31 bits per heavy atom. The molecule has 0 bridgehead atoms. The van der Waals surface area contributed by atoms with Crippen LogP contribution in [0, 0.1) is 0 Å². The summed E-state index contributed by atoms with van der Waals surface area (Å²) >= 11 is 0. The molecule has 0 radical (unpaired) electrons. The number of halogens is 2. The summed E-state index contributed by atoms with van der Waals surface area (Å²) in [7, 11) is 1.71. The molecule has 0 aliphatic heterocycles. The van der Waals surface area contributed by atoms with Gasteiger partial charge in [-0.3, -0.25) is 4.68 Å². The molecule has 1 rings (SSSR count). The van der Waals surface area contributed by atoms with E-state index in [2.05, 4.69) is 5.10 Å². The molecular formula is C8H13F2N3. The Hall–Kier alpha value is -0.970. The number of rotatable bonds is 3. The fraction of sp³-hybridized carbons (Fsp3) is 0.625. The zero-order chi connectivity index (χ0) is 10.1. The molecule has 74 valence electrons. The zero-order valence-corrected chi connectivity index (χ0v) is 7.67. The van der Waals surface area contributed by atoms with Gasteiger partial charge in [-0.25, -0.2) is 8.78 Å². The molecular weight excluding hydrogens is 176 g/mol. The predicted molar refractivity (Wildman–Crippen MR) is 45.5 cm³/mol. The molecule has 1 atom stereocenters. The van der Waals surface area contributed by atoms with Gasteiger partial charge in [0.25, 0.3) is 6.43 Å². The quantitative estimate of drug-likeness (QED) is 0.769. The summed E-state index contributed by atoms with van der Waals surface area (Å²) in [6, 6.07) is 1.69. The second-order valence-electron chi connectivity index (χ2n) is 3.43. The van der Waals surface area contributed by atoms with Crippen molar-refractivity contribution in [2.24, 2.45) is 12.8 Å². The van der Waals surface area contributed by atoms with Crippen molar-refractivity contribution in [1.82, 2.24) is 9.78 Å². The Morgan fingerprint density at radius 1 is 1.69 bits per heavy atom. The lowest BCUT2D eigenvalue weighted by atomic mass is 9.98. The minimum Gasteiger partial charge on any atom is -0.320 e. The number of hydrogen-bond donors (Lipinski definition) is 1. The largest absolute Gasteiger partial charge is 0.320 e. The molecule has 1 aromatic heterocycles. The van der Waals surface area contributed by atoms with Crippen LogP contribution in [0.4, 0.5) is 8.78 Å². The van der Waals surface area contributed by atoms with Crippen LogP contribution >= 0.6 is 0 Å². The second kappa shape index (κ2) is 3.41. The molecule has 0 saturated carbocycles. The minimum absolute atomic E-state index is 0.126. The molecule has 0 aliphatic rings. The first-order valence-electron chi connectivity index (χ1n) is 3.97. The van der Waals surface area contributed by atoms with Gasteiger partial charge in [-0.15, -0.1) is 0 Å². The summed E-state index contributed by atoms with van der Waals surface area (Å²) < 4.78 is 26.3. The van der Waals surface area contributed by atoms with E-state index in [0.717, 1.165) is 0 Å². The van der Waals surface area contributed by atoms with Crippen LogP contribution in [0.5, 0.6) is 0 Å². The Kier molecular flexibility index (Phi) is 2.66. The first-order valence-corrected chi connectivity index (χ1v) is 3.97. The zero-order valence-electron chi connectivity index (χ0n) is 7.67. The molecule has 13 heavy (non-hydrogen) atoms. The van der Waals surface area contributed by atoms with Crippen molar-refractivity contribution in [2.45, 2.75) is 25.3 Å². The van der Waals surface area contributed by atoms with Crippen molar-refractivity contribution >= 4 is 0 Å². The van der Waals surface area contributed by atoms with Crippen LogP contribution in [0.2, 0.25) is 0 Å². The lowest BCUT2D eigenvalue weighted by Gasteiger charge is -2.23. The van der Waals surface area contributed by atoms with Crippen LogP contribution in [0.25, 0.3) is 0 Å². The maximum atomic E-state index is 12.4. The van der Waals surface area contributed by atoms with Gasteiger partial charge >= 0.3 is 0 Å². The standard InChI is InChI=1S/C8H13F2N3/c1-8(11,7(9)10)5-6-3-4-12-13(6)2/h3-4,7H,5,11H2,1-2H3. The average molecular weight is 189 g/mol. The van der Waals surface area contributed by atoms with E-state index in [1.165, 1.54) is 6.92 Å². The van der Waals surface area contributed by atoms with E-state index in [0.29, 0.717) is 5.69 Å². The summed E-state index contributed by atoms with van der Waals surface area (Å²) in [5.41, 5.74) is 4.66. The Balaban J connectivity index is 2.74. The summed E-state index contributed by atoms with van der Waals surface area (Å²) in [5, 5.41) is 3.88. The number of aryl methyl sites for hydroxylation is 1. The van der Waals surface area contributed by atoms with Gasteiger partial charge in [-0.05, 0) is 13.0 Å². The van der Waals surface area contributed by atoms with Crippen molar-refractivity contribution in [3.05, 3.63) is 18.0 Å². The number of alkyl halides is 2. The fourth-order valence-electron chi connectivity index (χ4n) is 1.04. The normalized spacial score (nSPS) is 16.2. The first kappa shape index (κ1) is 10.1. The van der Waals surface area contributed by atoms with Crippen LogP contribution in [-0.2, 0) is 13.5 Å². The molecule has 3 nitrogen and oxygen atoms in total. The van der Waals surface area contributed by atoms with Crippen molar-refractivity contribution in [3.63, 3.8) is 0 Å². The van der Waals surface area contributed by atoms with Gasteiger partial charge in [0, 0.05) is 25.4 Å². The topological polar surface area (TPSA) is 43.8 Å². The molecule has 1 aromatic rings. The number of nitrogens with zero attached hydrogens (tertiary/aromatic N) is 2. The van der Waals surface area contributed by atoms with Gasteiger partial charge in [0.1, 0.15) is 0 Å². The third-order valence-corrected chi connectivity index (χ3v) is 1.98. The summed E-state index contributed by atoms with van der Waals surface area (Å²) in [4.78, 5) is 0. The van der Waals surface area contributed by atoms with Gasteiger partial charge in [-0.2, -0.15) is 5.10 Å². The summed E-state index contributed by atoms with van der Waals surface area (Å²) in [6.07, 6.45) is -0.833. The Bertz CT molecular complexity index is 281. The molecule has 1 heterocycles. The third-order valence-electron chi connectivity index (χ3n) is 1.98. The Morgan fingerprint density at radius 3 is 2.69 bits per heavy atom. The van der Waals surface area contributed by atoms with E-state index in [1.54, 1.807) is 24.0 Å². The van der Waals surface area contributed by atoms with E-state index in [4.69, 9.17) is 5.73 Å². The van der Waals surface area contributed by atoms with E-state index in [-0.39, 0.29) is 6.42 Å². The SMILES string of the molecule is Cn1nccc1CC(C)(N)C(F)F. The molecule has 0 saturated heterocycles. The lowest BCUT2D eigenvalue weighted by Crippen LogP contribution is -2.46. The van der Waals surface area contributed by atoms with Crippen molar-refractivity contribution < 1.29 is 8.78 Å². The van der Waals surface area contributed by atoms with Crippen LogP contribution in [0.15, 0.2) is 12.3 Å². The average Bonchev–Trinajstić information content (AvgIpc) is 2.35. The highest BCUT2D eigenvalue weighted by Gasteiger charge is 2.31. The van der Waals surface area contributed by atoms with E-state index in [9.17, 15) is 8.78 Å². The van der Waals surface area contributed by atoms with E-state index in [1.807, 2.05) is 0 Å². The van der Waals surface area contributed by atoms with E-state index >= 15 is 0 Å². The van der Waals surface area contributed by atoms with Gasteiger partial charge in [0.05, 0.1) is 5.54 Å². The van der Waals surface area contributed by atoms with E-state index < -0.39 is 12.0 Å². The highest BCUT2D eigenvalue weighted by atomic mass is 19.3. The molecule has 0 aliphatic carbocycles. The highest BCUT2D eigenvalue weighted by Crippen LogP contribution is 2.17. The Labute approximate surface area is 75.5 Å². The summed E-state index contributed by atoms with van der Waals surface area (Å²) in [5.74, 6) is 0. The van der Waals surface area contributed by atoms with Crippen LogP contribution in [0.3, 0.4) is 0 Å². The third kappa shape index (κ3) is 2.24. The summed E-state index contributed by atoms with van der Waals surface area (Å²) in [6.45, 7) is 1.34. The second-order valence-corrected chi connectivity index (χ2v) is 3.43. The molecule has 0 aromatic carbocycles. The minimum atomic E-state index is -2.53.